The lowest BCUT2D eigenvalue weighted by Crippen LogP contribution is -2.49. The average Bonchev–Trinajstić information content (AvgIpc) is 3.64. The van der Waals surface area contributed by atoms with Gasteiger partial charge < -0.3 is 14.2 Å². The van der Waals surface area contributed by atoms with Crippen LogP contribution < -0.4 is 0 Å². The number of benzene rings is 4. The first-order chi connectivity index (χ1) is 22.4. The number of rotatable bonds is 8. The van der Waals surface area contributed by atoms with E-state index >= 15 is 0 Å². The van der Waals surface area contributed by atoms with Crippen LogP contribution in [0.25, 0.3) is 6.08 Å². The second-order valence-corrected chi connectivity index (χ2v) is 13.2. The van der Waals surface area contributed by atoms with Gasteiger partial charge in [-0.05, 0) is 74.1 Å². The molecule has 0 aliphatic heterocycles. The summed E-state index contributed by atoms with van der Waals surface area (Å²) in [5.41, 5.74) is 3.62. The third-order valence-electron chi connectivity index (χ3n) is 10.6. The Kier molecular flexibility index (Phi) is 7.90. The standard InChI is InChI=1S/C41H40O5/c1-27-17-21-31(22-18-27)38(42)45-34(26-29-12-6-4-7-13-29)36-35-33-16-10-11-25-40(33,44-3)37(30-14-8-5-9-15-30)41(35,36)46-39(43)32-23-19-28(2)20-24-32/h4-9,12-15,17-24,26,33,35-37H,10-11,16,25H2,1-3H3/b34-26-/t33?,35-,36-,37+,40-,41+/m1/s1. The van der Waals surface area contributed by atoms with Crippen LogP contribution in [-0.4, -0.2) is 30.3 Å². The second-order valence-electron chi connectivity index (χ2n) is 13.2. The molecule has 3 aliphatic rings. The Morgan fingerprint density at radius 3 is 1.93 bits per heavy atom. The first-order valence-electron chi connectivity index (χ1n) is 16.3. The summed E-state index contributed by atoms with van der Waals surface area (Å²) in [5.74, 6) is -0.842. The summed E-state index contributed by atoms with van der Waals surface area (Å²) < 4.78 is 19.8. The SMILES string of the molecule is CO[C@]12CCCCC1[C@@H]1[C@@H](/C(=C/c3ccccc3)OC(=O)c3ccc(C)cc3)[C@]1(OC(=O)c1ccc(C)cc1)[C@H]2c1ccccc1. The zero-order valence-electron chi connectivity index (χ0n) is 26.6. The zero-order chi connectivity index (χ0) is 31.9. The Bertz CT molecular complexity index is 1740. The number of hydrogen-bond donors (Lipinski definition) is 0. The summed E-state index contributed by atoms with van der Waals surface area (Å²) in [6.07, 6.45) is 5.90. The van der Waals surface area contributed by atoms with Crippen LogP contribution in [0.3, 0.4) is 0 Å². The monoisotopic (exact) mass is 612 g/mol. The van der Waals surface area contributed by atoms with Crippen molar-refractivity contribution in [3.63, 3.8) is 0 Å². The molecule has 46 heavy (non-hydrogen) atoms. The highest BCUT2D eigenvalue weighted by atomic mass is 16.6. The summed E-state index contributed by atoms with van der Waals surface area (Å²) in [6, 6.07) is 35.1. The van der Waals surface area contributed by atoms with Crippen molar-refractivity contribution in [3.8, 4) is 0 Å². The van der Waals surface area contributed by atoms with Crippen LogP contribution >= 0.6 is 0 Å². The molecule has 0 spiro atoms. The van der Waals surface area contributed by atoms with Gasteiger partial charge in [-0.25, -0.2) is 9.59 Å². The van der Waals surface area contributed by atoms with Gasteiger partial charge in [-0.2, -0.15) is 0 Å². The molecular weight excluding hydrogens is 572 g/mol. The van der Waals surface area contributed by atoms with Gasteiger partial charge in [0.2, 0.25) is 0 Å². The summed E-state index contributed by atoms with van der Waals surface area (Å²) >= 11 is 0. The molecule has 0 radical (unpaired) electrons. The zero-order valence-corrected chi connectivity index (χ0v) is 26.6. The van der Waals surface area contributed by atoms with Gasteiger partial charge in [-0.1, -0.05) is 109 Å². The Hall–Kier alpha value is -4.48. The fourth-order valence-corrected chi connectivity index (χ4v) is 8.56. The highest BCUT2D eigenvalue weighted by Crippen LogP contribution is 2.79. The maximum atomic E-state index is 14.1. The van der Waals surface area contributed by atoms with E-state index in [1.807, 2.05) is 112 Å². The smallest absolute Gasteiger partial charge is 0.343 e. The molecule has 234 valence electrons. The molecule has 1 unspecified atom stereocenters. The third-order valence-corrected chi connectivity index (χ3v) is 10.6. The molecule has 0 heterocycles. The van der Waals surface area contributed by atoms with Gasteiger partial charge in [-0.3, -0.25) is 0 Å². The van der Waals surface area contributed by atoms with Gasteiger partial charge in [0.05, 0.1) is 28.6 Å². The molecule has 4 aromatic carbocycles. The number of fused-ring (bicyclic) bond motifs is 3. The second kappa shape index (κ2) is 12.0. The van der Waals surface area contributed by atoms with Gasteiger partial charge in [0.15, 0.2) is 0 Å². The molecule has 0 aromatic heterocycles. The van der Waals surface area contributed by atoms with Crippen molar-refractivity contribution in [3.05, 3.63) is 148 Å². The summed E-state index contributed by atoms with van der Waals surface area (Å²) in [5, 5.41) is 0. The molecule has 5 nitrogen and oxygen atoms in total. The van der Waals surface area contributed by atoms with Gasteiger partial charge >= 0.3 is 11.9 Å². The predicted molar refractivity (Wildman–Crippen MR) is 178 cm³/mol. The van der Waals surface area contributed by atoms with Gasteiger partial charge in [0.1, 0.15) is 11.4 Å². The summed E-state index contributed by atoms with van der Waals surface area (Å²) in [7, 11) is 1.81. The molecule has 3 saturated carbocycles. The number of esters is 2. The maximum Gasteiger partial charge on any atom is 0.343 e. The minimum Gasteiger partial charge on any atom is -0.454 e. The molecule has 0 saturated heterocycles. The third kappa shape index (κ3) is 5.07. The minimum absolute atomic E-state index is 0.0897. The molecule has 6 atom stereocenters. The van der Waals surface area contributed by atoms with Crippen LogP contribution in [0.4, 0.5) is 0 Å². The lowest BCUT2D eigenvalue weighted by atomic mass is 9.66. The van der Waals surface area contributed by atoms with Gasteiger partial charge in [-0.15, -0.1) is 0 Å². The molecule has 3 fully saturated rings. The first kappa shape index (κ1) is 30.2. The van der Waals surface area contributed by atoms with Crippen molar-refractivity contribution < 1.29 is 23.8 Å². The van der Waals surface area contributed by atoms with E-state index in [0.717, 1.165) is 47.9 Å². The number of aryl methyl sites for hydroxylation is 2. The number of methoxy groups -OCH3 is 1. The Balaban J connectivity index is 1.39. The van der Waals surface area contributed by atoms with E-state index in [2.05, 4.69) is 12.1 Å². The summed E-state index contributed by atoms with van der Waals surface area (Å²) in [6.45, 7) is 3.99. The largest absolute Gasteiger partial charge is 0.454 e. The van der Waals surface area contributed by atoms with Crippen molar-refractivity contribution >= 4 is 18.0 Å². The molecule has 5 heteroatoms. The van der Waals surface area contributed by atoms with Crippen molar-refractivity contribution in [1.29, 1.82) is 0 Å². The normalized spacial score (nSPS) is 28.1. The number of carbonyl (C=O) groups is 2. The van der Waals surface area contributed by atoms with Crippen LogP contribution in [0, 0.1) is 31.6 Å². The fraction of sp³-hybridized carbons (Fsp3) is 0.317. The Morgan fingerprint density at radius 2 is 1.33 bits per heavy atom. The van der Waals surface area contributed by atoms with Crippen LogP contribution in [-0.2, 0) is 14.2 Å². The van der Waals surface area contributed by atoms with Crippen molar-refractivity contribution in [1.82, 2.24) is 0 Å². The predicted octanol–water partition coefficient (Wildman–Crippen LogP) is 8.72. The Labute approximate surface area is 271 Å². The van der Waals surface area contributed by atoms with Crippen LogP contribution in [0.2, 0.25) is 0 Å². The lowest BCUT2D eigenvalue weighted by molar-refractivity contribution is -0.108. The van der Waals surface area contributed by atoms with E-state index in [-0.39, 0.29) is 29.6 Å². The molecule has 3 aliphatic carbocycles. The van der Waals surface area contributed by atoms with Crippen LogP contribution in [0.1, 0.15) is 74.6 Å². The van der Waals surface area contributed by atoms with E-state index < -0.39 is 17.2 Å². The van der Waals surface area contributed by atoms with E-state index in [4.69, 9.17) is 14.2 Å². The molecular formula is C41H40O5. The molecule has 0 N–H and O–H groups in total. The Morgan fingerprint density at radius 1 is 0.739 bits per heavy atom. The van der Waals surface area contributed by atoms with Crippen molar-refractivity contribution in [2.45, 2.75) is 56.7 Å². The van der Waals surface area contributed by atoms with Crippen LogP contribution in [0.15, 0.2) is 115 Å². The average molecular weight is 613 g/mol. The minimum atomic E-state index is -0.970. The maximum absolute atomic E-state index is 14.1. The fourth-order valence-electron chi connectivity index (χ4n) is 8.56. The number of ether oxygens (including phenoxy) is 3. The first-order valence-corrected chi connectivity index (χ1v) is 16.3. The van der Waals surface area contributed by atoms with E-state index in [1.165, 1.54) is 0 Å². The molecule has 7 rings (SSSR count). The topological polar surface area (TPSA) is 61.8 Å². The van der Waals surface area contributed by atoms with E-state index in [1.54, 1.807) is 12.1 Å². The molecule has 0 bridgehead atoms. The number of carbonyl (C=O) groups excluding carboxylic acids is 2. The summed E-state index contributed by atoms with van der Waals surface area (Å²) in [4.78, 5) is 27.9. The van der Waals surface area contributed by atoms with Gasteiger partial charge in [0, 0.05) is 13.0 Å². The highest BCUT2D eigenvalue weighted by molar-refractivity contribution is 5.91. The van der Waals surface area contributed by atoms with Crippen molar-refractivity contribution in [2.75, 3.05) is 7.11 Å². The molecule has 0 amide bonds. The lowest BCUT2D eigenvalue weighted by Gasteiger charge is -2.46. The highest BCUT2D eigenvalue weighted by Gasteiger charge is 2.86. The van der Waals surface area contributed by atoms with Crippen molar-refractivity contribution in [2.24, 2.45) is 17.8 Å². The van der Waals surface area contributed by atoms with Gasteiger partial charge in [0.25, 0.3) is 0 Å². The molecule has 4 aromatic rings. The quantitative estimate of drug-likeness (QED) is 0.147. The van der Waals surface area contributed by atoms with E-state index in [0.29, 0.717) is 16.9 Å². The van der Waals surface area contributed by atoms with E-state index in [9.17, 15) is 9.59 Å². The number of hydrogen-bond acceptors (Lipinski definition) is 5. The van der Waals surface area contributed by atoms with Crippen LogP contribution in [0.5, 0.6) is 0 Å².